The van der Waals surface area contributed by atoms with Gasteiger partial charge in [-0.3, -0.25) is 9.59 Å². The van der Waals surface area contributed by atoms with Crippen molar-refractivity contribution in [2.75, 3.05) is 11.9 Å². The number of hydrogen-bond acceptors (Lipinski definition) is 6. The molecule has 0 aliphatic rings. The number of ether oxygens (including phenoxy) is 3. The molecule has 1 N–H and O–H groups in total. The topological polar surface area (TPSA) is 87.0 Å². The number of amides is 1. The van der Waals surface area contributed by atoms with Gasteiger partial charge in [0.25, 0.3) is 5.91 Å². The van der Waals surface area contributed by atoms with Crippen LogP contribution in [0.5, 0.6) is 28.7 Å². The van der Waals surface area contributed by atoms with Crippen LogP contribution in [0, 0.1) is 0 Å². The van der Waals surface area contributed by atoms with Crippen LogP contribution in [0.2, 0.25) is 0 Å². The number of benzene rings is 5. The van der Waals surface area contributed by atoms with E-state index in [9.17, 15) is 9.59 Å². The molecule has 1 aromatic heterocycles. The van der Waals surface area contributed by atoms with Crippen LogP contribution in [0.4, 0.5) is 5.69 Å². The Morgan fingerprint density at radius 1 is 0.643 bits per heavy atom. The van der Waals surface area contributed by atoms with Crippen LogP contribution in [0.25, 0.3) is 22.1 Å². The Morgan fingerprint density at radius 3 is 1.98 bits per heavy atom. The van der Waals surface area contributed by atoms with Gasteiger partial charge in [0.2, 0.25) is 11.2 Å². The van der Waals surface area contributed by atoms with Crippen molar-refractivity contribution in [1.29, 1.82) is 0 Å². The fraction of sp³-hybridized carbons (Fsp3) is 0.0286. The number of carbonyl (C=O) groups is 1. The molecule has 1 heterocycles. The Morgan fingerprint density at radius 2 is 1.24 bits per heavy atom. The Balaban J connectivity index is 1.05. The molecule has 0 aliphatic heterocycles. The maximum atomic E-state index is 13.0. The predicted octanol–water partition coefficient (Wildman–Crippen LogP) is 8.06. The number of fused-ring (bicyclic) bond motifs is 1. The largest absolute Gasteiger partial charge is 0.484 e. The van der Waals surface area contributed by atoms with Crippen molar-refractivity contribution in [3.8, 4) is 39.9 Å². The molecular formula is C35H25NO6. The lowest BCUT2D eigenvalue weighted by molar-refractivity contribution is -0.118. The van der Waals surface area contributed by atoms with E-state index in [0.717, 1.165) is 16.9 Å². The molecular weight excluding hydrogens is 530 g/mol. The van der Waals surface area contributed by atoms with E-state index >= 15 is 0 Å². The summed E-state index contributed by atoms with van der Waals surface area (Å²) in [6, 6.07) is 38.7. The summed E-state index contributed by atoms with van der Waals surface area (Å²) in [4.78, 5) is 25.5. The van der Waals surface area contributed by atoms with Gasteiger partial charge in [-0.15, -0.1) is 0 Å². The molecule has 6 aromatic rings. The van der Waals surface area contributed by atoms with Crippen molar-refractivity contribution in [3.05, 3.63) is 144 Å². The van der Waals surface area contributed by atoms with Gasteiger partial charge in [-0.2, -0.15) is 0 Å². The van der Waals surface area contributed by atoms with Gasteiger partial charge in [-0.25, -0.2) is 0 Å². The van der Waals surface area contributed by atoms with Gasteiger partial charge < -0.3 is 23.9 Å². The molecule has 0 unspecified atom stereocenters. The standard InChI is InChI=1S/C35H25NO6/c37-34(36-26-13-17-28(18-14-26)41-27-9-5-2-6-10-27)23-39-30-19-20-31-32(21-30)40-22-33(35(31)38)42-29-15-11-25(12-16-29)24-7-3-1-4-8-24/h1-22H,23H2,(H,36,37). The highest BCUT2D eigenvalue weighted by molar-refractivity contribution is 5.92. The summed E-state index contributed by atoms with van der Waals surface area (Å²) in [5.74, 6) is 2.02. The molecule has 0 aliphatic carbocycles. The Kier molecular flexibility index (Phi) is 7.63. The van der Waals surface area contributed by atoms with Crippen LogP contribution in [0.1, 0.15) is 0 Å². The van der Waals surface area contributed by atoms with Crippen molar-refractivity contribution in [2.45, 2.75) is 0 Å². The number of hydrogen-bond donors (Lipinski definition) is 1. The molecule has 6 rings (SSSR count). The van der Waals surface area contributed by atoms with Crippen LogP contribution < -0.4 is 25.0 Å². The second-order valence-electron chi connectivity index (χ2n) is 9.36. The van der Waals surface area contributed by atoms with E-state index in [1.807, 2.05) is 72.8 Å². The predicted molar refractivity (Wildman–Crippen MR) is 162 cm³/mol. The van der Waals surface area contributed by atoms with Gasteiger partial charge in [0.15, 0.2) is 6.61 Å². The zero-order valence-corrected chi connectivity index (χ0v) is 22.4. The van der Waals surface area contributed by atoms with Crippen LogP contribution >= 0.6 is 0 Å². The van der Waals surface area contributed by atoms with E-state index < -0.39 is 0 Å². The van der Waals surface area contributed by atoms with Crippen LogP contribution in [-0.4, -0.2) is 12.5 Å². The summed E-state index contributed by atoms with van der Waals surface area (Å²) in [7, 11) is 0. The van der Waals surface area contributed by atoms with Crippen molar-refractivity contribution in [1.82, 2.24) is 0 Å². The normalized spacial score (nSPS) is 10.7. The number of para-hydroxylation sites is 1. The first-order valence-electron chi connectivity index (χ1n) is 13.3. The molecule has 0 saturated heterocycles. The highest BCUT2D eigenvalue weighted by atomic mass is 16.5. The van der Waals surface area contributed by atoms with E-state index in [1.54, 1.807) is 54.6 Å². The van der Waals surface area contributed by atoms with Crippen molar-refractivity contribution in [3.63, 3.8) is 0 Å². The zero-order valence-electron chi connectivity index (χ0n) is 22.4. The molecule has 0 atom stereocenters. The van der Waals surface area contributed by atoms with Crippen molar-refractivity contribution >= 4 is 22.6 Å². The Bertz CT molecular complexity index is 1870. The van der Waals surface area contributed by atoms with E-state index in [0.29, 0.717) is 33.9 Å². The monoisotopic (exact) mass is 555 g/mol. The molecule has 7 heteroatoms. The molecule has 0 saturated carbocycles. The molecule has 42 heavy (non-hydrogen) atoms. The molecule has 1 amide bonds. The Hall–Kier alpha value is -5.82. The van der Waals surface area contributed by atoms with E-state index in [-0.39, 0.29) is 23.7 Å². The highest BCUT2D eigenvalue weighted by Gasteiger charge is 2.12. The number of rotatable bonds is 9. The van der Waals surface area contributed by atoms with Crippen LogP contribution in [-0.2, 0) is 4.79 Å². The third kappa shape index (κ3) is 6.32. The molecule has 206 valence electrons. The third-order valence-corrected chi connectivity index (χ3v) is 6.39. The van der Waals surface area contributed by atoms with Gasteiger partial charge in [0.05, 0.1) is 5.39 Å². The van der Waals surface area contributed by atoms with Crippen molar-refractivity contribution in [2.24, 2.45) is 0 Å². The molecule has 0 spiro atoms. The number of anilines is 1. The zero-order chi connectivity index (χ0) is 28.7. The second kappa shape index (κ2) is 12.1. The quantitative estimate of drug-likeness (QED) is 0.194. The summed E-state index contributed by atoms with van der Waals surface area (Å²) in [5.41, 5.74) is 2.75. The fourth-order valence-electron chi connectivity index (χ4n) is 4.30. The first-order valence-corrected chi connectivity index (χ1v) is 13.3. The summed E-state index contributed by atoms with van der Waals surface area (Å²) in [6.45, 7) is -0.224. The molecule has 5 aromatic carbocycles. The van der Waals surface area contributed by atoms with E-state index in [4.69, 9.17) is 18.6 Å². The highest BCUT2D eigenvalue weighted by Crippen LogP contribution is 2.27. The lowest BCUT2D eigenvalue weighted by Crippen LogP contribution is -2.20. The summed E-state index contributed by atoms with van der Waals surface area (Å²) >= 11 is 0. The number of nitrogens with one attached hydrogen (secondary N) is 1. The van der Waals surface area contributed by atoms with E-state index in [2.05, 4.69) is 5.32 Å². The SMILES string of the molecule is O=C(COc1ccc2c(=O)c(Oc3ccc(-c4ccccc4)cc3)coc2c1)Nc1ccc(Oc2ccccc2)cc1. The summed E-state index contributed by atoms with van der Waals surface area (Å²) in [5, 5.41) is 3.12. The third-order valence-electron chi connectivity index (χ3n) is 6.39. The fourth-order valence-corrected chi connectivity index (χ4v) is 4.30. The minimum atomic E-state index is -0.338. The van der Waals surface area contributed by atoms with Gasteiger partial charge in [-0.05, 0) is 71.8 Å². The average Bonchev–Trinajstić information content (AvgIpc) is 3.04. The lowest BCUT2D eigenvalue weighted by Gasteiger charge is -2.10. The average molecular weight is 556 g/mol. The molecule has 0 radical (unpaired) electrons. The first kappa shape index (κ1) is 26.4. The molecule has 0 fully saturated rings. The van der Waals surface area contributed by atoms with Crippen LogP contribution in [0.3, 0.4) is 0 Å². The smallest absolute Gasteiger partial charge is 0.262 e. The van der Waals surface area contributed by atoms with Gasteiger partial charge in [0.1, 0.15) is 34.8 Å². The van der Waals surface area contributed by atoms with Gasteiger partial charge in [0, 0.05) is 11.8 Å². The summed E-state index contributed by atoms with van der Waals surface area (Å²) in [6.07, 6.45) is 1.28. The molecule has 0 bridgehead atoms. The second-order valence-corrected chi connectivity index (χ2v) is 9.36. The number of carbonyl (C=O) groups excluding carboxylic acids is 1. The van der Waals surface area contributed by atoms with Crippen molar-refractivity contribution < 1.29 is 23.4 Å². The summed E-state index contributed by atoms with van der Waals surface area (Å²) < 4.78 is 22.9. The first-order chi connectivity index (χ1) is 20.6. The minimum absolute atomic E-state index is 0.0724. The van der Waals surface area contributed by atoms with E-state index in [1.165, 1.54) is 6.26 Å². The maximum Gasteiger partial charge on any atom is 0.262 e. The van der Waals surface area contributed by atoms with Crippen LogP contribution in [0.15, 0.2) is 143 Å². The van der Waals surface area contributed by atoms with Gasteiger partial charge >= 0.3 is 0 Å². The minimum Gasteiger partial charge on any atom is -0.484 e. The molecule has 7 nitrogen and oxygen atoms in total. The maximum absolute atomic E-state index is 13.0. The lowest BCUT2D eigenvalue weighted by atomic mass is 10.1. The Labute approximate surface area is 241 Å². The van der Waals surface area contributed by atoms with Gasteiger partial charge in [-0.1, -0.05) is 60.7 Å².